The summed E-state index contributed by atoms with van der Waals surface area (Å²) in [5, 5.41) is 8.69. The highest BCUT2D eigenvalue weighted by Gasteiger charge is 2.34. The molecule has 1 unspecified atom stereocenters. The topological polar surface area (TPSA) is 80.1 Å². The number of hydrogen-bond donors (Lipinski definition) is 1. The highest BCUT2D eigenvalue weighted by Crippen LogP contribution is 2.26. The molecule has 1 atom stereocenters. The Labute approximate surface area is 198 Å². The van der Waals surface area contributed by atoms with E-state index in [1.165, 1.54) is 0 Å². The summed E-state index contributed by atoms with van der Waals surface area (Å²) in [6.07, 6.45) is 0.207. The minimum atomic E-state index is -0.409. The monoisotopic (exact) mass is 453 g/mol. The predicted octanol–water partition coefficient (Wildman–Crippen LogP) is 4.33. The van der Waals surface area contributed by atoms with Gasteiger partial charge in [0.2, 0.25) is 11.8 Å². The summed E-state index contributed by atoms with van der Waals surface area (Å²) < 4.78 is 1.67. The summed E-state index contributed by atoms with van der Waals surface area (Å²) in [6, 6.07) is 19.8. The van der Waals surface area contributed by atoms with Crippen molar-refractivity contribution in [2.45, 2.75) is 33.7 Å². The molecule has 1 aliphatic heterocycles. The van der Waals surface area contributed by atoms with Gasteiger partial charge in [-0.2, -0.15) is 9.78 Å². The Bertz CT molecular complexity index is 1390. The number of amides is 2. The van der Waals surface area contributed by atoms with Gasteiger partial charge < -0.3 is 10.2 Å². The Hall–Kier alpha value is -4.00. The van der Waals surface area contributed by atoms with Crippen molar-refractivity contribution in [3.8, 4) is 5.82 Å². The van der Waals surface area contributed by atoms with Crippen LogP contribution in [0.5, 0.6) is 0 Å². The Kier molecular flexibility index (Phi) is 5.61. The minimum Gasteiger partial charge on any atom is -0.338 e. The van der Waals surface area contributed by atoms with E-state index in [0.717, 1.165) is 33.3 Å². The van der Waals surface area contributed by atoms with E-state index in [-0.39, 0.29) is 18.2 Å². The van der Waals surface area contributed by atoms with Crippen LogP contribution in [0.2, 0.25) is 0 Å². The van der Waals surface area contributed by atoms with Crippen molar-refractivity contribution in [2.24, 2.45) is 5.92 Å². The van der Waals surface area contributed by atoms with Crippen molar-refractivity contribution in [3.05, 3.63) is 83.0 Å². The number of aryl methyl sites for hydroxylation is 3. The zero-order chi connectivity index (χ0) is 23.8. The van der Waals surface area contributed by atoms with Crippen molar-refractivity contribution in [2.75, 3.05) is 11.9 Å². The van der Waals surface area contributed by atoms with E-state index in [1.807, 2.05) is 75.4 Å². The highest BCUT2D eigenvalue weighted by atomic mass is 16.2. The van der Waals surface area contributed by atoms with Crippen LogP contribution in [-0.2, 0) is 16.1 Å². The standard InChI is InChI=1S/C27H27N5O2/c1-17-8-7-11-22-18(2)12-23(28-26(17)22)32-24(13-19(3)30-32)29-27(34)21-14-25(33)31(16-21)15-20-9-5-4-6-10-20/h4-13,21H,14-16H2,1-3H3,(H,29,34). The second-order valence-corrected chi connectivity index (χ2v) is 9.00. The smallest absolute Gasteiger partial charge is 0.230 e. The van der Waals surface area contributed by atoms with Crippen molar-refractivity contribution < 1.29 is 9.59 Å². The third-order valence-corrected chi connectivity index (χ3v) is 6.34. The van der Waals surface area contributed by atoms with E-state index in [0.29, 0.717) is 24.7 Å². The van der Waals surface area contributed by atoms with Crippen LogP contribution in [0.25, 0.3) is 16.7 Å². The number of likely N-dealkylation sites (tertiary alicyclic amines) is 1. The fourth-order valence-corrected chi connectivity index (χ4v) is 4.55. The first kappa shape index (κ1) is 21.8. The molecule has 3 heterocycles. The maximum atomic E-state index is 13.1. The molecule has 1 saturated heterocycles. The van der Waals surface area contributed by atoms with Crippen LogP contribution >= 0.6 is 0 Å². The molecule has 0 bridgehead atoms. The van der Waals surface area contributed by atoms with Crippen molar-refractivity contribution >= 4 is 28.5 Å². The number of aromatic nitrogens is 3. The molecule has 1 N–H and O–H groups in total. The van der Waals surface area contributed by atoms with Crippen LogP contribution in [0.4, 0.5) is 5.82 Å². The third kappa shape index (κ3) is 4.17. The van der Waals surface area contributed by atoms with Gasteiger partial charge in [0, 0.05) is 31.0 Å². The summed E-state index contributed by atoms with van der Waals surface area (Å²) in [7, 11) is 0. The van der Waals surface area contributed by atoms with E-state index in [2.05, 4.69) is 16.5 Å². The van der Waals surface area contributed by atoms with Gasteiger partial charge in [0.15, 0.2) is 5.82 Å². The lowest BCUT2D eigenvalue weighted by molar-refractivity contribution is -0.128. The van der Waals surface area contributed by atoms with Crippen molar-refractivity contribution in [1.82, 2.24) is 19.7 Å². The molecule has 7 nitrogen and oxygen atoms in total. The van der Waals surface area contributed by atoms with E-state index >= 15 is 0 Å². The van der Waals surface area contributed by atoms with E-state index in [1.54, 1.807) is 9.58 Å². The molecule has 5 rings (SSSR count). The van der Waals surface area contributed by atoms with Crippen LogP contribution in [0.3, 0.4) is 0 Å². The zero-order valence-electron chi connectivity index (χ0n) is 19.6. The third-order valence-electron chi connectivity index (χ3n) is 6.34. The number of rotatable bonds is 5. The summed E-state index contributed by atoms with van der Waals surface area (Å²) in [5.74, 6) is 0.607. The molecular formula is C27H27N5O2. The van der Waals surface area contributed by atoms with E-state index in [9.17, 15) is 9.59 Å². The van der Waals surface area contributed by atoms with Gasteiger partial charge in [-0.15, -0.1) is 0 Å². The molecule has 0 aliphatic carbocycles. The van der Waals surface area contributed by atoms with Crippen molar-refractivity contribution in [3.63, 3.8) is 0 Å². The van der Waals surface area contributed by atoms with Crippen LogP contribution in [0.1, 0.15) is 28.8 Å². The minimum absolute atomic E-state index is 0.00372. The molecule has 0 spiro atoms. The number of hydrogen-bond acceptors (Lipinski definition) is 4. The van der Waals surface area contributed by atoms with Crippen LogP contribution in [-0.4, -0.2) is 38.0 Å². The van der Waals surface area contributed by atoms with Gasteiger partial charge in [-0.3, -0.25) is 9.59 Å². The average Bonchev–Trinajstić information content (AvgIpc) is 3.37. The van der Waals surface area contributed by atoms with Gasteiger partial charge in [0.25, 0.3) is 0 Å². The zero-order valence-corrected chi connectivity index (χ0v) is 19.6. The molecule has 2 aromatic carbocycles. The predicted molar refractivity (Wildman–Crippen MR) is 132 cm³/mol. The molecule has 7 heteroatoms. The maximum Gasteiger partial charge on any atom is 0.230 e. The van der Waals surface area contributed by atoms with Crippen LogP contribution in [0, 0.1) is 26.7 Å². The van der Waals surface area contributed by atoms with Gasteiger partial charge >= 0.3 is 0 Å². The molecule has 2 aromatic heterocycles. The number of nitrogens with zero attached hydrogens (tertiary/aromatic N) is 4. The second kappa shape index (κ2) is 8.74. The normalized spacial score (nSPS) is 15.8. The summed E-state index contributed by atoms with van der Waals surface area (Å²) in [5.41, 5.74) is 4.92. The summed E-state index contributed by atoms with van der Waals surface area (Å²) in [6.45, 7) is 6.88. The Morgan fingerprint density at radius 3 is 2.62 bits per heavy atom. The number of carbonyl (C=O) groups excluding carboxylic acids is 2. The summed E-state index contributed by atoms with van der Waals surface area (Å²) >= 11 is 0. The van der Waals surface area contributed by atoms with E-state index < -0.39 is 5.92 Å². The number of carbonyl (C=O) groups is 2. The molecule has 0 radical (unpaired) electrons. The lowest BCUT2D eigenvalue weighted by Gasteiger charge is -2.17. The van der Waals surface area contributed by atoms with Crippen LogP contribution in [0.15, 0.2) is 60.7 Å². The lowest BCUT2D eigenvalue weighted by Crippen LogP contribution is -2.28. The number of fused-ring (bicyclic) bond motifs is 1. The van der Waals surface area contributed by atoms with Crippen LogP contribution < -0.4 is 5.32 Å². The molecule has 0 saturated carbocycles. The number of para-hydroxylation sites is 1. The maximum absolute atomic E-state index is 13.1. The molecule has 2 amide bonds. The Morgan fingerprint density at radius 2 is 1.82 bits per heavy atom. The number of nitrogens with one attached hydrogen (secondary N) is 1. The molecule has 172 valence electrons. The Morgan fingerprint density at radius 1 is 1.03 bits per heavy atom. The fraction of sp³-hybridized carbons (Fsp3) is 0.259. The average molecular weight is 454 g/mol. The number of pyridine rings is 1. The molecule has 4 aromatic rings. The largest absolute Gasteiger partial charge is 0.338 e. The second-order valence-electron chi connectivity index (χ2n) is 9.00. The molecule has 1 aliphatic rings. The quantitative estimate of drug-likeness (QED) is 0.488. The molecule has 34 heavy (non-hydrogen) atoms. The summed E-state index contributed by atoms with van der Waals surface area (Å²) in [4.78, 5) is 32.3. The van der Waals surface area contributed by atoms with Gasteiger partial charge in [-0.1, -0.05) is 48.5 Å². The number of benzene rings is 2. The number of anilines is 1. The molecule has 1 fully saturated rings. The lowest BCUT2D eigenvalue weighted by atomic mass is 10.1. The van der Waals surface area contributed by atoms with Gasteiger partial charge in [-0.25, -0.2) is 4.98 Å². The Balaban J connectivity index is 1.37. The first-order valence-electron chi connectivity index (χ1n) is 11.5. The van der Waals surface area contributed by atoms with E-state index in [4.69, 9.17) is 4.98 Å². The van der Waals surface area contributed by atoms with Gasteiger partial charge in [0.05, 0.1) is 17.1 Å². The SMILES string of the molecule is Cc1cc(NC(=O)C2CC(=O)N(Cc3ccccc3)C2)n(-c2cc(C)c3cccc(C)c3n2)n1. The molecular weight excluding hydrogens is 426 g/mol. The first-order chi connectivity index (χ1) is 16.4. The first-order valence-corrected chi connectivity index (χ1v) is 11.5. The van der Waals surface area contributed by atoms with Crippen molar-refractivity contribution in [1.29, 1.82) is 0 Å². The van der Waals surface area contributed by atoms with Gasteiger partial charge in [-0.05, 0) is 43.5 Å². The van der Waals surface area contributed by atoms with Gasteiger partial charge in [0.1, 0.15) is 5.82 Å². The highest BCUT2D eigenvalue weighted by molar-refractivity contribution is 5.97. The fourth-order valence-electron chi connectivity index (χ4n) is 4.55.